The number of carbonyl (C=O) groups is 2. The zero-order valence-electron chi connectivity index (χ0n) is 22.2. The standard InChI is InChI=1S/C33H40N2O2/c1-3-31(33(37)34-29-20-11-6-12-21-29)35(24-26-15-13-14-25(2)22-26)32(36)23-30(27-16-7-4-8-17-27)28-18-9-5-10-19-28/h4-5,7-10,13-19,22,29-31H,3,6,11-12,20-21,23-24H2,1-2H3,(H,34,37). The fourth-order valence-corrected chi connectivity index (χ4v) is 5.56. The maximum atomic E-state index is 14.1. The third-order valence-corrected chi connectivity index (χ3v) is 7.56. The zero-order chi connectivity index (χ0) is 26.0. The Balaban J connectivity index is 1.62. The average Bonchev–Trinajstić information content (AvgIpc) is 2.93. The molecule has 194 valence electrons. The van der Waals surface area contributed by atoms with E-state index in [4.69, 9.17) is 0 Å². The van der Waals surface area contributed by atoms with E-state index in [-0.39, 0.29) is 23.8 Å². The lowest BCUT2D eigenvalue weighted by molar-refractivity contribution is -0.142. The number of aryl methyl sites for hydroxylation is 1. The molecule has 3 aromatic rings. The number of nitrogens with one attached hydrogen (secondary N) is 1. The predicted molar refractivity (Wildman–Crippen MR) is 150 cm³/mol. The van der Waals surface area contributed by atoms with Gasteiger partial charge in [-0.25, -0.2) is 0 Å². The summed E-state index contributed by atoms with van der Waals surface area (Å²) < 4.78 is 0. The minimum absolute atomic E-state index is 0.00450. The topological polar surface area (TPSA) is 49.4 Å². The van der Waals surface area contributed by atoms with E-state index in [1.807, 2.05) is 60.4 Å². The molecule has 0 spiro atoms. The molecule has 0 aromatic heterocycles. The maximum absolute atomic E-state index is 14.1. The minimum Gasteiger partial charge on any atom is -0.352 e. The predicted octanol–water partition coefficient (Wildman–Crippen LogP) is 6.77. The normalized spacial score (nSPS) is 14.8. The maximum Gasteiger partial charge on any atom is 0.243 e. The Bertz CT molecular complexity index is 1100. The van der Waals surface area contributed by atoms with Crippen LogP contribution in [0.15, 0.2) is 84.9 Å². The van der Waals surface area contributed by atoms with Crippen LogP contribution < -0.4 is 5.32 Å². The first-order valence-corrected chi connectivity index (χ1v) is 13.8. The molecule has 1 aliphatic carbocycles. The van der Waals surface area contributed by atoms with E-state index >= 15 is 0 Å². The van der Waals surface area contributed by atoms with Gasteiger partial charge >= 0.3 is 0 Å². The van der Waals surface area contributed by atoms with Gasteiger partial charge in [-0.3, -0.25) is 9.59 Å². The van der Waals surface area contributed by atoms with Crippen LogP contribution in [0.3, 0.4) is 0 Å². The molecule has 0 aliphatic heterocycles. The molecule has 1 saturated carbocycles. The van der Waals surface area contributed by atoms with Crippen molar-refractivity contribution in [1.29, 1.82) is 0 Å². The van der Waals surface area contributed by atoms with Crippen molar-refractivity contribution in [3.8, 4) is 0 Å². The third-order valence-electron chi connectivity index (χ3n) is 7.56. The van der Waals surface area contributed by atoms with Gasteiger partial charge in [0.2, 0.25) is 11.8 Å². The summed E-state index contributed by atoms with van der Waals surface area (Å²) in [5, 5.41) is 3.29. The number of benzene rings is 3. The van der Waals surface area contributed by atoms with Gasteiger partial charge in [-0.05, 0) is 42.9 Å². The highest BCUT2D eigenvalue weighted by molar-refractivity contribution is 5.88. The molecule has 1 unspecified atom stereocenters. The Morgan fingerprint density at radius 3 is 2.05 bits per heavy atom. The molecule has 4 nitrogen and oxygen atoms in total. The van der Waals surface area contributed by atoms with Gasteiger partial charge in [0.05, 0.1) is 0 Å². The second-order valence-corrected chi connectivity index (χ2v) is 10.4. The number of rotatable bonds is 10. The van der Waals surface area contributed by atoms with Crippen LogP contribution >= 0.6 is 0 Å². The summed E-state index contributed by atoms with van der Waals surface area (Å²) in [5.41, 5.74) is 4.42. The Morgan fingerprint density at radius 2 is 1.49 bits per heavy atom. The number of nitrogens with zero attached hydrogens (tertiary/aromatic N) is 1. The van der Waals surface area contributed by atoms with Crippen LogP contribution in [0.1, 0.15) is 80.0 Å². The van der Waals surface area contributed by atoms with Crippen LogP contribution in [0, 0.1) is 6.92 Å². The molecule has 4 heteroatoms. The molecule has 0 radical (unpaired) electrons. The number of carbonyl (C=O) groups excluding carboxylic acids is 2. The molecular weight excluding hydrogens is 456 g/mol. The second kappa shape index (κ2) is 13.2. The van der Waals surface area contributed by atoms with Gasteiger partial charge in [-0.2, -0.15) is 0 Å². The number of amides is 2. The summed E-state index contributed by atoms with van der Waals surface area (Å²) in [6.07, 6.45) is 6.50. The molecule has 1 aliphatic rings. The largest absolute Gasteiger partial charge is 0.352 e. The summed E-state index contributed by atoms with van der Waals surface area (Å²) in [6, 6.07) is 28.4. The third kappa shape index (κ3) is 7.31. The fourth-order valence-electron chi connectivity index (χ4n) is 5.56. The van der Waals surface area contributed by atoms with Crippen LogP contribution in [0.2, 0.25) is 0 Å². The molecule has 0 bridgehead atoms. The van der Waals surface area contributed by atoms with Crippen molar-refractivity contribution >= 4 is 11.8 Å². The van der Waals surface area contributed by atoms with Crippen molar-refractivity contribution < 1.29 is 9.59 Å². The lowest BCUT2D eigenvalue weighted by Crippen LogP contribution is -2.51. The summed E-state index contributed by atoms with van der Waals surface area (Å²) in [6.45, 7) is 4.49. The number of hydrogen-bond donors (Lipinski definition) is 1. The van der Waals surface area contributed by atoms with Crippen LogP contribution in [0.4, 0.5) is 0 Å². The first-order chi connectivity index (χ1) is 18.0. The van der Waals surface area contributed by atoms with Crippen LogP contribution in [-0.2, 0) is 16.1 Å². The highest BCUT2D eigenvalue weighted by Crippen LogP contribution is 2.30. The van der Waals surface area contributed by atoms with Crippen molar-refractivity contribution in [2.24, 2.45) is 0 Å². The SMILES string of the molecule is CCC(C(=O)NC1CCCCC1)N(Cc1cccc(C)c1)C(=O)CC(c1ccccc1)c1ccccc1. The van der Waals surface area contributed by atoms with E-state index < -0.39 is 6.04 Å². The molecule has 1 fully saturated rings. The van der Waals surface area contributed by atoms with Gasteiger partial charge in [-0.15, -0.1) is 0 Å². The molecule has 4 rings (SSSR count). The highest BCUT2D eigenvalue weighted by atomic mass is 16.2. The quantitative estimate of drug-likeness (QED) is 0.337. The Hall–Kier alpha value is -3.40. The zero-order valence-corrected chi connectivity index (χ0v) is 22.2. The van der Waals surface area contributed by atoms with Crippen molar-refractivity contribution in [2.45, 2.75) is 83.3 Å². The van der Waals surface area contributed by atoms with E-state index in [0.717, 1.165) is 47.9 Å². The van der Waals surface area contributed by atoms with E-state index in [9.17, 15) is 9.59 Å². The summed E-state index contributed by atoms with van der Waals surface area (Å²) in [7, 11) is 0. The average molecular weight is 497 g/mol. The van der Waals surface area contributed by atoms with Crippen LogP contribution in [-0.4, -0.2) is 28.8 Å². The lowest BCUT2D eigenvalue weighted by atomic mass is 9.88. The summed E-state index contributed by atoms with van der Waals surface area (Å²) >= 11 is 0. The van der Waals surface area contributed by atoms with Crippen LogP contribution in [0.25, 0.3) is 0 Å². The summed E-state index contributed by atoms with van der Waals surface area (Å²) in [4.78, 5) is 29.5. The highest BCUT2D eigenvalue weighted by Gasteiger charge is 2.32. The molecule has 0 saturated heterocycles. The van der Waals surface area contributed by atoms with Crippen molar-refractivity contribution in [2.75, 3.05) is 0 Å². The molecule has 0 heterocycles. The molecule has 3 aromatic carbocycles. The van der Waals surface area contributed by atoms with Crippen LogP contribution in [0.5, 0.6) is 0 Å². The number of hydrogen-bond acceptors (Lipinski definition) is 2. The first kappa shape index (κ1) is 26.7. The minimum atomic E-state index is -0.498. The smallest absolute Gasteiger partial charge is 0.243 e. The van der Waals surface area contributed by atoms with Gasteiger partial charge < -0.3 is 10.2 Å². The van der Waals surface area contributed by atoms with E-state index in [1.165, 1.54) is 6.42 Å². The van der Waals surface area contributed by atoms with Gasteiger partial charge in [0.15, 0.2) is 0 Å². The second-order valence-electron chi connectivity index (χ2n) is 10.4. The van der Waals surface area contributed by atoms with E-state index in [0.29, 0.717) is 19.4 Å². The van der Waals surface area contributed by atoms with Gasteiger partial charge in [0, 0.05) is 24.9 Å². The monoisotopic (exact) mass is 496 g/mol. The van der Waals surface area contributed by atoms with E-state index in [1.54, 1.807) is 0 Å². The molecule has 2 amide bonds. The Morgan fingerprint density at radius 1 is 0.865 bits per heavy atom. The summed E-state index contributed by atoms with van der Waals surface area (Å²) in [5.74, 6) is -0.0925. The fraction of sp³-hybridized carbons (Fsp3) is 0.394. The van der Waals surface area contributed by atoms with Gasteiger partial charge in [0.1, 0.15) is 6.04 Å². The Labute approximate surface area is 222 Å². The molecule has 1 N–H and O–H groups in total. The van der Waals surface area contributed by atoms with Gasteiger partial charge in [0.25, 0.3) is 0 Å². The molecule has 37 heavy (non-hydrogen) atoms. The molecule has 1 atom stereocenters. The van der Waals surface area contributed by atoms with Gasteiger partial charge in [-0.1, -0.05) is 117 Å². The Kier molecular flexibility index (Phi) is 9.53. The van der Waals surface area contributed by atoms with Crippen molar-refractivity contribution in [1.82, 2.24) is 10.2 Å². The first-order valence-electron chi connectivity index (χ1n) is 13.8. The molecular formula is C33H40N2O2. The van der Waals surface area contributed by atoms with E-state index in [2.05, 4.69) is 48.6 Å². The lowest BCUT2D eigenvalue weighted by Gasteiger charge is -2.34. The van der Waals surface area contributed by atoms with Crippen molar-refractivity contribution in [3.63, 3.8) is 0 Å². The van der Waals surface area contributed by atoms with Crippen molar-refractivity contribution in [3.05, 3.63) is 107 Å².